The van der Waals surface area contributed by atoms with Crippen molar-refractivity contribution in [1.82, 2.24) is 20.3 Å². The molecule has 0 aliphatic carbocycles. The first-order chi connectivity index (χ1) is 8.97. The third-order valence-electron chi connectivity index (χ3n) is 3.34. The van der Waals surface area contributed by atoms with Gasteiger partial charge in [-0.05, 0) is 33.6 Å². The summed E-state index contributed by atoms with van der Waals surface area (Å²) in [5.74, 6) is 0. The van der Waals surface area contributed by atoms with Gasteiger partial charge in [-0.25, -0.2) is 4.68 Å². The minimum absolute atomic E-state index is 0.0102. The van der Waals surface area contributed by atoms with E-state index in [2.05, 4.69) is 56.4 Å². The smallest absolute Gasteiger partial charge is 0.0965 e. The van der Waals surface area contributed by atoms with Crippen molar-refractivity contribution in [2.75, 3.05) is 0 Å². The molecule has 110 valence electrons. The molecule has 0 radical (unpaired) electrons. The van der Waals surface area contributed by atoms with Gasteiger partial charge in [0.25, 0.3) is 0 Å². The fraction of sp³-hybridized carbons (Fsp3) is 0.867. The number of nitrogens with zero attached hydrogens (tertiary/aromatic N) is 3. The Hall–Kier alpha value is -0.900. The lowest BCUT2D eigenvalue weighted by molar-refractivity contribution is 0.346. The minimum Gasteiger partial charge on any atom is -0.308 e. The molecule has 4 nitrogen and oxygen atoms in total. The molecule has 1 unspecified atom stereocenters. The Morgan fingerprint density at radius 2 is 1.95 bits per heavy atom. The third-order valence-corrected chi connectivity index (χ3v) is 3.34. The second-order valence-corrected chi connectivity index (χ2v) is 6.33. The predicted molar refractivity (Wildman–Crippen MR) is 80.1 cm³/mol. The van der Waals surface area contributed by atoms with Gasteiger partial charge in [-0.2, -0.15) is 0 Å². The molecule has 0 amide bonds. The second-order valence-electron chi connectivity index (χ2n) is 6.33. The Balaban J connectivity index is 2.47. The normalized spacial score (nSPS) is 13.7. The van der Waals surface area contributed by atoms with E-state index in [1.54, 1.807) is 0 Å². The van der Waals surface area contributed by atoms with E-state index in [4.69, 9.17) is 0 Å². The van der Waals surface area contributed by atoms with E-state index >= 15 is 0 Å². The summed E-state index contributed by atoms with van der Waals surface area (Å²) < 4.78 is 1.94. The Morgan fingerprint density at radius 1 is 1.21 bits per heavy atom. The van der Waals surface area contributed by atoms with Crippen molar-refractivity contribution in [2.45, 2.75) is 84.8 Å². The minimum atomic E-state index is 0.0102. The molecule has 1 N–H and O–H groups in total. The first kappa shape index (κ1) is 16.2. The van der Waals surface area contributed by atoms with Gasteiger partial charge in [0.05, 0.1) is 17.4 Å². The van der Waals surface area contributed by atoms with Crippen LogP contribution in [-0.4, -0.2) is 21.0 Å². The molecule has 19 heavy (non-hydrogen) atoms. The number of hydrogen-bond acceptors (Lipinski definition) is 3. The molecule has 0 fully saturated rings. The molecule has 0 aromatic carbocycles. The fourth-order valence-corrected chi connectivity index (χ4v) is 2.10. The number of unbranched alkanes of at least 4 members (excludes halogenated alkanes) is 1. The van der Waals surface area contributed by atoms with Crippen LogP contribution in [-0.2, 0) is 12.1 Å². The molecular formula is C15H30N4. The second kappa shape index (κ2) is 7.63. The molecule has 0 saturated heterocycles. The predicted octanol–water partition coefficient (Wildman–Crippen LogP) is 3.48. The molecule has 1 heterocycles. The maximum absolute atomic E-state index is 4.25. The van der Waals surface area contributed by atoms with Gasteiger partial charge in [0.2, 0.25) is 0 Å². The summed E-state index contributed by atoms with van der Waals surface area (Å²) in [5.41, 5.74) is 1.04. The van der Waals surface area contributed by atoms with E-state index in [1.165, 1.54) is 32.1 Å². The maximum atomic E-state index is 4.25. The summed E-state index contributed by atoms with van der Waals surface area (Å²) in [6, 6.07) is 0.615. The average molecular weight is 266 g/mol. The lowest BCUT2D eigenvalue weighted by atomic mass is 10.1. The van der Waals surface area contributed by atoms with Crippen LogP contribution in [0.25, 0.3) is 0 Å². The average Bonchev–Trinajstić information content (AvgIpc) is 2.81. The highest BCUT2D eigenvalue weighted by atomic mass is 15.4. The van der Waals surface area contributed by atoms with Crippen LogP contribution in [0.1, 0.15) is 72.4 Å². The van der Waals surface area contributed by atoms with Crippen molar-refractivity contribution in [1.29, 1.82) is 0 Å². The van der Waals surface area contributed by atoms with Crippen LogP contribution in [0.4, 0.5) is 0 Å². The summed E-state index contributed by atoms with van der Waals surface area (Å²) in [6.07, 6.45) is 8.35. The molecule has 1 rings (SSSR count). The van der Waals surface area contributed by atoms with Crippen molar-refractivity contribution >= 4 is 0 Å². The monoisotopic (exact) mass is 266 g/mol. The topological polar surface area (TPSA) is 42.7 Å². The molecule has 0 spiro atoms. The Morgan fingerprint density at radius 3 is 2.47 bits per heavy atom. The van der Waals surface area contributed by atoms with Crippen LogP contribution in [0.3, 0.4) is 0 Å². The van der Waals surface area contributed by atoms with E-state index in [-0.39, 0.29) is 5.54 Å². The molecule has 0 aliphatic rings. The lowest BCUT2D eigenvalue weighted by Crippen LogP contribution is -2.28. The zero-order valence-corrected chi connectivity index (χ0v) is 13.2. The Labute approximate surface area is 118 Å². The lowest BCUT2D eigenvalue weighted by Gasteiger charge is -2.18. The fourth-order valence-electron chi connectivity index (χ4n) is 2.10. The van der Waals surface area contributed by atoms with Crippen molar-refractivity contribution in [3.05, 3.63) is 11.9 Å². The van der Waals surface area contributed by atoms with Gasteiger partial charge in [0, 0.05) is 12.6 Å². The van der Waals surface area contributed by atoms with E-state index in [0.29, 0.717) is 6.04 Å². The summed E-state index contributed by atoms with van der Waals surface area (Å²) in [6.45, 7) is 11.7. The standard InChI is InChI=1S/C15H30N4/c1-6-8-10-13(9-7-2)16-11-14-12-19(18-17-14)15(3,4)5/h12-13,16H,6-11H2,1-5H3. The third kappa shape index (κ3) is 5.72. The molecule has 4 heteroatoms. The number of aromatic nitrogens is 3. The van der Waals surface area contributed by atoms with Gasteiger partial charge in [-0.3, -0.25) is 0 Å². The van der Waals surface area contributed by atoms with Crippen LogP contribution < -0.4 is 5.32 Å². The van der Waals surface area contributed by atoms with Gasteiger partial charge in [-0.15, -0.1) is 5.10 Å². The first-order valence-corrected chi connectivity index (χ1v) is 7.62. The zero-order valence-electron chi connectivity index (χ0n) is 13.2. The van der Waals surface area contributed by atoms with E-state index < -0.39 is 0 Å². The number of nitrogens with one attached hydrogen (secondary N) is 1. The van der Waals surface area contributed by atoms with Gasteiger partial charge < -0.3 is 5.32 Å². The Kier molecular flexibility index (Phi) is 6.49. The van der Waals surface area contributed by atoms with Gasteiger partial charge in [0.15, 0.2) is 0 Å². The Bertz CT molecular complexity index is 351. The highest BCUT2D eigenvalue weighted by Gasteiger charge is 2.15. The van der Waals surface area contributed by atoms with Gasteiger partial charge >= 0.3 is 0 Å². The molecule has 1 atom stereocenters. The highest BCUT2D eigenvalue weighted by molar-refractivity contribution is 4.94. The van der Waals surface area contributed by atoms with E-state index in [9.17, 15) is 0 Å². The first-order valence-electron chi connectivity index (χ1n) is 7.62. The van der Waals surface area contributed by atoms with Crippen LogP contribution in [0, 0.1) is 0 Å². The highest BCUT2D eigenvalue weighted by Crippen LogP contribution is 2.12. The van der Waals surface area contributed by atoms with Gasteiger partial charge in [-0.1, -0.05) is 38.3 Å². The largest absolute Gasteiger partial charge is 0.308 e. The summed E-state index contributed by atoms with van der Waals surface area (Å²) in [4.78, 5) is 0. The van der Waals surface area contributed by atoms with E-state index in [1.807, 2.05) is 4.68 Å². The van der Waals surface area contributed by atoms with Crippen molar-refractivity contribution in [3.8, 4) is 0 Å². The van der Waals surface area contributed by atoms with Crippen LogP contribution in [0.2, 0.25) is 0 Å². The molecule has 0 bridgehead atoms. The molecular weight excluding hydrogens is 236 g/mol. The van der Waals surface area contributed by atoms with Crippen molar-refractivity contribution in [3.63, 3.8) is 0 Å². The molecule has 1 aromatic rings. The van der Waals surface area contributed by atoms with Crippen molar-refractivity contribution < 1.29 is 0 Å². The summed E-state index contributed by atoms with van der Waals surface area (Å²) in [7, 11) is 0. The summed E-state index contributed by atoms with van der Waals surface area (Å²) in [5, 5.41) is 12.1. The maximum Gasteiger partial charge on any atom is 0.0965 e. The van der Waals surface area contributed by atoms with Gasteiger partial charge in [0.1, 0.15) is 0 Å². The van der Waals surface area contributed by atoms with Crippen LogP contribution in [0.5, 0.6) is 0 Å². The number of rotatable bonds is 8. The quantitative estimate of drug-likeness (QED) is 0.783. The molecule has 1 aromatic heterocycles. The molecule has 0 aliphatic heterocycles. The van der Waals surface area contributed by atoms with Crippen molar-refractivity contribution in [2.24, 2.45) is 0 Å². The van der Waals surface area contributed by atoms with E-state index in [0.717, 1.165) is 12.2 Å². The molecule has 0 saturated carbocycles. The zero-order chi connectivity index (χ0) is 14.3. The SMILES string of the molecule is CCCCC(CCC)NCc1cn(C(C)(C)C)nn1. The van der Waals surface area contributed by atoms with Crippen LogP contribution in [0.15, 0.2) is 6.20 Å². The van der Waals surface area contributed by atoms with Crippen LogP contribution >= 0.6 is 0 Å². The summed E-state index contributed by atoms with van der Waals surface area (Å²) >= 11 is 0. The number of hydrogen-bond donors (Lipinski definition) is 1.